The number of hydrogen-bond donors (Lipinski definition) is 0. The van der Waals surface area contributed by atoms with E-state index in [-0.39, 0.29) is 0 Å². The van der Waals surface area contributed by atoms with Crippen LogP contribution in [0.1, 0.15) is 25.3 Å². The number of rotatable bonds is 6. The van der Waals surface area contributed by atoms with E-state index in [2.05, 4.69) is 31.2 Å². The number of benzene rings is 1. The Labute approximate surface area is 86.4 Å². The topological polar surface area (TPSA) is 9.23 Å². The molecule has 0 N–H and O–H groups in total. The first-order valence-electron chi connectivity index (χ1n) is 5.20. The second-order valence-electron chi connectivity index (χ2n) is 3.21. The van der Waals surface area contributed by atoms with Crippen molar-refractivity contribution in [2.24, 2.45) is 0 Å². The molecule has 1 aromatic rings. The Bertz CT molecular complexity index is 251. The van der Waals surface area contributed by atoms with Gasteiger partial charge < -0.3 is 4.74 Å². The summed E-state index contributed by atoms with van der Waals surface area (Å²) in [4.78, 5) is 0. The third kappa shape index (κ3) is 4.83. The standard InChI is InChI=1S/C13H18O/c1-2-3-4-8-11-14-12-13-9-6-5-7-10-13/h3-7,9-10H,2,8,11-12H2,1H3. The maximum absolute atomic E-state index is 5.52. The fourth-order valence-electron chi connectivity index (χ4n) is 1.20. The summed E-state index contributed by atoms with van der Waals surface area (Å²) < 4.78 is 5.52. The van der Waals surface area contributed by atoms with E-state index in [0.29, 0.717) is 0 Å². The molecule has 0 aromatic heterocycles. The highest BCUT2D eigenvalue weighted by molar-refractivity contribution is 5.13. The Hall–Kier alpha value is -1.08. The van der Waals surface area contributed by atoms with Crippen molar-refractivity contribution in [3.8, 4) is 0 Å². The van der Waals surface area contributed by atoms with Crippen LogP contribution in [-0.4, -0.2) is 6.61 Å². The summed E-state index contributed by atoms with van der Waals surface area (Å²) >= 11 is 0. The van der Waals surface area contributed by atoms with E-state index in [9.17, 15) is 0 Å². The van der Waals surface area contributed by atoms with Crippen LogP contribution in [0, 0.1) is 0 Å². The molecule has 0 bridgehead atoms. The zero-order valence-electron chi connectivity index (χ0n) is 8.78. The largest absolute Gasteiger partial charge is 0.376 e. The third-order valence-electron chi connectivity index (χ3n) is 1.94. The van der Waals surface area contributed by atoms with Crippen LogP contribution in [0.5, 0.6) is 0 Å². The molecule has 0 spiro atoms. The summed E-state index contributed by atoms with van der Waals surface area (Å²) in [5, 5.41) is 0. The maximum Gasteiger partial charge on any atom is 0.0717 e. The number of ether oxygens (including phenoxy) is 1. The summed E-state index contributed by atoms with van der Waals surface area (Å²) in [7, 11) is 0. The molecular formula is C13H18O. The van der Waals surface area contributed by atoms with Gasteiger partial charge in [-0.2, -0.15) is 0 Å². The molecule has 0 aliphatic carbocycles. The van der Waals surface area contributed by atoms with Crippen molar-refractivity contribution in [1.29, 1.82) is 0 Å². The van der Waals surface area contributed by atoms with E-state index in [4.69, 9.17) is 4.74 Å². The van der Waals surface area contributed by atoms with Crippen LogP contribution in [0.15, 0.2) is 42.5 Å². The minimum absolute atomic E-state index is 0.723. The van der Waals surface area contributed by atoms with Crippen LogP contribution in [-0.2, 0) is 11.3 Å². The quantitative estimate of drug-likeness (QED) is 0.492. The summed E-state index contributed by atoms with van der Waals surface area (Å²) in [6.07, 6.45) is 6.47. The van der Waals surface area contributed by atoms with Crippen LogP contribution in [0.4, 0.5) is 0 Å². The minimum Gasteiger partial charge on any atom is -0.376 e. The summed E-state index contributed by atoms with van der Waals surface area (Å²) in [5.41, 5.74) is 1.24. The highest BCUT2D eigenvalue weighted by atomic mass is 16.5. The monoisotopic (exact) mass is 190 g/mol. The summed E-state index contributed by atoms with van der Waals surface area (Å²) in [5.74, 6) is 0. The molecule has 0 radical (unpaired) electrons. The number of hydrogen-bond acceptors (Lipinski definition) is 1. The lowest BCUT2D eigenvalue weighted by Crippen LogP contribution is -1.93. The van der Waals surface area contributed by atoms with Gasteiger partial charge in [0, 0.05) is 0 Å². The van der Waals surface area contributed by atoms with Gasteiger partial charge in [-0.05, 0) is 18.4 Å². The van der Waals surface area contributed by atoms with Gasteiger partial charge in [0.15, 0.2) is 0 Å². The Balaban J connectivity index is 2.07. The van der Waals surface area contributed by atoms with Gasteiger partial charge >= 0.3 is 0 Å². The number of allylic oxidation sites excluding steroid dienone is 1. The van der Waals surface area contributed by atoms with Gasteiger partial charge in [0.25, 0.3) is 0 Å². The first-order chi connectivity index (χ1) is 6.93. The Morgan fingerprint density at radius 3 is 2.64 bits per heavy atom. The van der Waals surface area contributed by atoms with Gasteiger partial charge in [0.2, 0.25) is 0 Å². The second kappa shape index (κ2) is 7.34. The molecule has 1 heteroatoms. The van der Waals surface area contributed by atoms with E-state index in [0.717, 1.165) is 26.1 Å². The smallest absolute Gasteiger partial charge is 0.0717 e. The molecule has 0 atom stereocenters. The zero-order chi connectivity index (χ0) is 10.1. The van der Waals surface area contributed by atoms with Gasteiger partial charge in [-0.3, -0.25) is 0 Å². The molecule has 0 aliphatic heterocycles. The third-order valence-corrected chi connectivity index (χ3v) is 1.94. The minimum atomic E-state index is 0.723. The highest BCUT2D eigenvalue weighted by Crippen LogP contribution is 2.00. The van der Waals surface area contributed by atoms with Crippen LogP contribution in [0.25, 0.3) is 0 Å². The van der Waals surface area contributed by atoms with Crippen LogP contribution >= 0.6 is 0 Å². The molecule has 0 fully saturated rings. The molecule has 76 valence electrons. The first kappa shape index (κ1) is 11.0. The van der Waals surface area contributed by atoms with Gasteiger partial charge in [0.05, 0.1) is 13.2 Å². The van der Waals surface area contributed by atoms with Gasteiger partial charge in [-0.25, -0.2) is 0 Å². The lowest BCUT2D eigenvalue weighted by Gasteiger charge is -2.01. The average molecular weight is 190 g/mol. The lowest BCUT2D eigenvalue weighted by molar-refractivity contribution is 0.125. The maximum atomic E-state index is 5.52. The van der Waals surface area contributed by atoms with Crippen molar-refractivity contribution in [1.82, 2.24) is 0 Å². The lowest BCUT2D eigenvalue weighted by atomic mass is 10.2. The normalized spacial score (nSPS) is 10.9. The van der Waals surface area contributed by atoms with Gasteiger partial charge in [0.1, 0.15) is 0 Å². The van der Waals surface area contributed by atoms with E-state index in [1.54, 1.807) is 0 Å². The fraction of sp³-hybridized carbons (Fsp3) is 0.385. The molecule has 0 heterocycles. The molecule has 1 nitrogen and oxygen atoms in total. The predicted octanol–water partition coefficient (Wildman–Crippen LogP) is 3.56. The van der Waals surface area contributed by atoms with Crippen molar-refractivity contribution in [3.05, 3.63) is 48.0 Å². The molecule has 0 saturated carbocycles. The molecule has 14 heavy (non-hydrogen) atoms. The van der Waals surface area contributed by atoms with Crippen LogP contribution < -0.4 is 0 Å². The molecule has 1 aromatic carbocycles. The molecular weight excluding hydrogens is 172 g/mol. The van der Waals surface area contributed by atoms with Crippen LogP contribution in [0.3, 0.4) is 0 Å². The van der Waals surface area contributed by atoms with E-state index in [1.807, 2.05) is 18.2 Å². The Morgan fingerprint density at radius 1 is 1.14 bits per heavy atom. The van der Waals surface area contributed by atoms with E-state index in [1.165, 1.54) is 5.56 Å². The SMILES string of the molecule is CCC=CCCOCc1ccccc1. The average Bonchev–Trinajstić information content (AvgIpc) is 2.25. The van der Waals surface area contributed by atoms with E-state index >= 15 is 0 Å². The Morgan fingerprint density at radius 2 is 1.93 bits per heavy atom. The van der Waals surface area contributed by atoms with Crippen molar-refractivity contribution in [3.63, 3.8) is 0 Å². The van der Waals surface area contributed by atoms with Gasteiger partial charge in [-0.1, -0.05) is 49.4 Å². The Kier molecular flexibility index (Phi) is 5.76. The molecule has 1 rings (SSSR count). The molecule has 0 aliphatic rings. The van der Waals surface area contributed by atoms with Gasteiger partial charge in [-0.15, -0.1) is 0 Å². The van der Waals surface area contributed by atoms with Crippen molar-refractivity contribution in [2.75, 3.05) is 6.61 Å². The van der Waals surface area contributed by atoms with E-state index < -0.39 is 0 Å². The summed E-state index contributed by atoms with van der Waals surface area (Å²) in [6, 6.07) is 10.3. The van der Waals surface area contributed by atoms with Crippen molar-refractivity contribution >= 4 is 0 Å². The van der Waals surface area contributed by atoms with Crippen LogP contribution in [0.2, 0.25) is 0 Å². The summed E-state index contributed by atoms with van der Waals surface area (Å²) in [6.45, 7) is 3.67. The fourth-order valence-corrected chi connectivity index (χ4v) is 1.20. The highest BCUT2D eigenvalue weighted by Gasteiger charge is 1.89. The molecule has 0 amide bonds. The zero-order valence-corrected chi connectivity index (χ0v) is 8.78. The predicted molar refractivity (Wildman–Crippen MR) is 60.1 cm³/mol. The first-order valence-corrected chi connectivity index (χ1v) is 5.20. The molecule has 0 unspecified atom stereocenters. The molecule has 0 saturated heterocycles. The van der Waals surface area contributed by atoms with Crippen molar-refractivity contribution in [2.45, 2.75) is 26.4 Å². The second-order valence-corrected chi connectivity index (χ2v) is 3.21. The van der Waals surface area contributed by atoms with Crippen molar-refractivity contribution < 1.29 is 4.74 Å².